The Bertz CT molecular complexity index is 813. The van der Waals surface area contributed by atoms with Crippen molar-refractivity contribution in [3.05, 3.63) is 65.2 Å². The van der Waals surface area contributed by atoms with E-state index in [1.54, 1.807) is 74.6 Å². The van der Waals surface area contributed by atoms with E-state index in [4.69, 9.17) is 9.84 Å². The Balaban J connectivity index is 1.98. The molecule has 0 aliphatic carbocycles. The Morgan fingerprint density at radius 2 is 1.37 bits per heavy atom. The van der Waals surface area contributed by atoms with Gasteiger partial charge in [0.1, 0.15) is 5.75 Å². The molecule has 0 heterocycles. The summed E-state index contributed by atoms with van der Waals surface area (Å²) in [5.41, 5.74) is 1.90. The molecule has 0 aliphatic rings. The van der Waals surface area contributed by atoms with Crippen LogP contribution in [0.25, 0.3) is 0 Å². The standard InChI is InChI=1S/C20H22N2O5/c1-21(2)19(25)15-6-8-16(9-7-15)20(26)22(3)12-14-4-10-17(11-5-14)27-13-18(23)24/h4-11H,12-13H2,1-3H3,(H,23,24). The SMILES string of the molecule is CN(C)C(=O)c1ccc(C(=O)N(C)Cc2ccc(OCC(=O)O)cc2)cc1. The van der Waals surface area contributed by atoms with Gasteiger partial charge in [-0.05, 0) is 42.0 Å². The Morgan fingerprint density at radius 3 is 1.85 bits per heavy atom. The number of aliphatic carboxylic acids is 1. The smallest absolute Gasteiger partial charge is 0.341 e. The quantitative estimate of drug-likeness (QED) is 0.807. The van der Waals surface area contributed by atoms with Gasteiger partial charge >= 0.3 is 5.97 Å². The van der Waals surface area contributed by atoms with Gasteiger partial charge in [0, 0.05) is 38.8 Å². The molecule has 2 aromatic rings. The van der Waals surface area contributed by atoms with E-state index >= 15 is 0 Å². The van der Waals surface area contributed by atoms with Crippen molar-refractivity contribution in [2.45, 2.75) is 6.54 Å². The van der Waals surface area contributed by atoms with Crippen LogP contribution in [0.1, 0.15) is 26.3 Å². The molecular formula is C20H22N2O5. The van der Waals surface area contributed by atoms with Crippen LogP contribution in [0.3, 0.4) is 0 Å². The van der Waals surface area contributed by atoms with Crippen LogP contribution in [-0.2, 0) is 11.3 Å². The number of hydrogen-bond donors (Lipinski definition) is 1. The number of carbonyl (C=O) groups excluding carboxylic acids is 2. The van der Waals surface area contributed by atoms with Crippen LogP contribution in [0.15, 0.2) is 48.5 Å². The topological polar surface area (TPSA) is 87.2 Å². The van der Waals surface area contributed by atoms with Crippen molar-refractivity contribution in [2.75, 3.05) is 27.7 Å². The van der Waals surface area contributed by atoms with Crippen LogP contribution in [0, 0.1) is 0 Å². The number of nitrogens with zero attached hydrogens (tertiary/aromatic N) is 2. The molecule has 7 nitrogen and oxygen atoms in total. The van der Waals surface area contributed by atoms with Crippen molar-refractivity contribution >= 4 is 17.8 Å². The summed E-state index contributed by atoms with van der Waals surface area (Å²) in [7, 11) is 5.04. The third kappa shape index (κ3) is 5.57. The van der Waals surface area contributed by atoms with Gasteiger partial charge in [-0.25, -0.2) is 4.79 Å². The molecule has 0 aromatic heterocycles. The Morgan fingerprint density at radius 1 is 0.852 bits per heavy atom. The molecule has 0 radical (unpaired) electrons. The van der Waals surface area contributed by atoms with E-state index in [1.807, 2.05) is 0 Å². The Kier molecular flexibility index (Phi) is 6.54. The molecule has 0 saturated carbocycles. The first-order valence-electron chi connectivity index (χ1n) is 8.28. The van der Waals surface area contributed by atoms with Gasteiger partial charge in [0.2, 0.25) is 0 Å². The number of carbonyl (C=O) groups is 3. The van der Waals surface area contributed by atoms with E-state index in [1.165, 1.54) is 4.90 Å². The zero-order valence-electron chi connectivity index (χ0n) is 15.5. The first-order chi connectivity index (χ1) is 12.8. The maximum Gasteiger partial charge on any atom is 0.341 e. The Labute approximate surface area is 157 Å². The molecule has 2 rings (SSSR count). The van der Waals surface area contributed by atoms with E-state index in [0.29, 0.717) is 23.4 Å². The average Bonchev–Trinajstić information content (AvgIpc) is 2.66. The summed E-state index contributed by atoms with van der Waals surface area (Å²) in [4.78, 5) is 38.0. The summed E-state index contributed by atoms with van der Waals surface area (Å²) in [6.45, 7) is -0.0134. The molecule has 0 unspecified atom stereocenters. The number of carboxylic acids is 1. The second-order valence-corrected chi connectivity index (χ2v) is 6.26. The van der Waals surface area contributed by atoms with Gasteiger partial charge in [-0.2, -0.15) is 0 Å². The number of hydrogen-bond acceptors (Lipinski definition) is 4. The maximum absolute atomic E-state index is 12.5. The summed E-state index contributed by atoms with van der Waals surface area (Å²) < 4.78 is 5.08. The van der Waals surface area contributed by atoms with Crippen LogP contribution in [-0.4, -0.2) is 60.4 Å². The van der Waals surface area contributed by atoms with Crippen molar-refractivity contribution in [2.24, 2.45) is 0 Å². The van der Waals surface area contributed by atoms with E-state index in [9.17, 15) is 14.4 Å². The zero-order chi connectivity index (χ0) is 20.0. The average molecular weight is 370 g/mol. The van der Waals surface area contributed by atoms with Gasteiger partial charge in [-0.3, -0.25) is 9.59 Å². The van der Waals surface area contributed by atoms with Crippen LogP contribution < -0.4 is 4.74 Å². The second-order valence-electron chi connectivity index (χ2n) is 6.26. The minimum atomic E-state index is -1.04. The number of ether oxygens (including phenoxy) is 1. The van der Waals surface area contributed by atoms with Crippen molar-refractivity contribution in [3.63, 3.8) is 0 Å². The summed E-state index contributed by atoms with van der Waals surface area (Å²) in [5, 5.41) is 8.60. The van der Waals surface area contributed by atoms with E-state index in [0.717, 1.165) is 5.56 Å². The highest BCUT2D eigenvalue weighted by atomic mass is 16.5. The number of benzene rings is 2. The van der Waals surface area contributed by atoms with E-state index in [-0.39, 0.29) is 11.8 Å². The highest BCUT2D eigenvalue weighted by Crippen LogP contribution is 2.15. The third-order valence-corrected chi connectivity index (χ3v) is 3.84. The fourth-order valence-electron chi connectivity index (χ4n) is 2.42. The predicted molar refractivity (Wildman–Crippen MR) is 99.8 cm³/mol. The van der Waals surface area contributed by atoms with Gasteiger partial charge < -0.3 is 19.6 Å². The van der Waals surface area contributed by atoms with Crippen molar-refractivity contribution < 1.29 is 24.2 Å². The fourth-order valence-corrected chi connectivity index (χ4v) is 2.42. The van der Waals surface area contributed by atoms with Crippen LogP contribution in [0.5, 0.6) is 5.75 Å². The molecule has 0 aliphatic heterocycles. The number of rotatable bonds is 7. The molecule has 1 N–H and O–H groups in total. The fraction of sp³-hybridized carbons (Fsp3) is 0.250. The van der Waals surface area contributed by atoms with Crippen LogP contribution in [0.2, 0.25) is 0 Å². The zero-order valence-corrected chi connectivity index (χ0v) is 15.5. The lowest BCUT2D eigenvalue weighted by Crippen LogP contribution is -2.26. The van der Waals surface area contributed by atoms with E-state index in [2.05, 4.69) is 0 Å². The summed E-state index contributed by atoms with van der Waals surface area (Å²) in [5.74, 6) is -0.864. The second kappa shape index (κ2) is 8.84. The lowest BCUT2D eigenvalue weighted by atomic mass is 10.1. The molecule has 142 valence electrons. The number of carboxylic acid groups (broad SMARTS) is 1. The molecule has 27 heavy (non-hydrogen) atoms. The molecule has 0 fully saturated rings. The van der Waals surface area contributed by atoms with Gasteiger partial charge in [-0.1, -0.05) is 12.1 Å². The molecule has 0 saturated heterocycles. The van der Waals surface area contributed by atoms with Gasteiger partial charge in [0.25, 0.3) is 11.8 Å². The molecular weight excluding hydrogens is 348 g/mol. The largest absolute Gasteiger partial charge is 0.482 e. The van der Waals surface area contributed by atoms with Crippen LogP contribution in [0.4, 0.5) is 0 Å². The molecule has 2 amide bonds. The highest BCUT2D eigenvalue weighted by molar-refractivity contribution is 5.97. The molecule has 0 spiro atoms. The summed E-state index contributed by atoms with van der Waals surface area (Å²) >= 11 is 0. The van der Waals surface area contributed by atoms with Gasteiger partial charge in [0.15, 0.2) is 6.61 Å². The van der Waals surface area contributed by atoms with Crippen molar-refractivity contribution in [1.29, 1.82) is 0 Å². The normalized spacial score (nSPS) is 10.2. The summed E-state index contributed by atoms with van der Waals surface area (Å²) in [6, 6.07) is 13.4. The maximum atomic E-state index is 12.5. The minimum Gasteiger partial charge on any atom is -0.482 e. The predicted octanol–water partition coefficient (Wildman–Crippen LogP) is 2.12. The van der Waals surface area contributed by atoms with Crippen molar-refractivity contribution in [3.8, 4) is 5.75 Å². The lowest BCUT2D eigenvalue weighted by molar-refractivity contribution is -0.139. The first-order valence-corrected chi connectivity index (χ1v) is 8.28. The van der Waals surface area contributed by atoms with Gasteiger partial charge in [0.05, 0.1) is 0 Å². The Hall–Kier alpha value is -3.35. The minimum absolute atomic E-state index is 0.118. The molecule has 2 aromatic carbocycles. The van der Waals surface area contributed by atoms with Crippen LogP contribution >= 0.6 is 0 Å². The van der Waals surface area contributed by atoms with Crippen molar-refractivity contribution in [1.82, 2.24) is 9.80 Å². The molecule has 0 bridgehead atoms. The van der Waals surface area contributed by atoms with E-state index < -0.39 is 12.6 Å². The number of amides is 2. The molecule has 7 heteroatoms. The molecule has 0 atom stereocenters. The monoisotopic (exact) mass is 370 g/mol. The summed E-state index contributed by atoms with van der Waals surface area (Å²) in [6.07, 6.45) is 0. The third-order valence-electron chi connectivity index (χ3n) is 3.84. The highest BCUT2D eigenvalue weighted by Gasteiger charge is 2.14. The first kappa shape index (κ1) is 20.0. The van der Waals surface area contributed by atoms with Gasteiger partial charge in [-0.15, -0.1) is 0 Å². The lowest BCUT2D eigenvalue weighted by Gasteiger charge is -2.18.